The van der Waals surface area contributed by atoms with Crippen LogP contribution in [-0.4, -0.2) is 38.8 Å². The van der Waals surface area contributed by atoms with Crippen molar-refractivity contribution in [3.63, 3.8) is 0 Å². The van der Waals surface area contributed by atoms with Gasteiger partial charge in [-0.2, -0.15) is 4.98 Å². The van der Waals surface area contributed by atoms with Gasteiger partial charge in [-0.05, 0) is 19.1 Å². The van der Waals surface area contributed by atoms with Crippen LogP contribution in [0.1, 0.15) is 19.2 Å². The molecule has 0 radical (unpaired) electrons. The Morgan fingerprint density at radius 2 is 2.20 bits per heavy atom. The van der Waals surface area contributed by atoms with E-state index in [1.165, 1.54) is 0 Å². The molecule has 0 aromatic carbocycles. The Labute approximate surface area is 116 Å². The Morgan fingerprint density at radius 3 is 2.90 bits per heavy atom. The molecule has 1 unspecified atom stereocenters. The fraction of sp³-hybridized carbons (Fsp3) is 0.385. The molecule has 0 aliphatic carbocycles. The molecule has 2 aromatic rings. The molecule has 20 heavy (non-hydrogen) atoms. The minimum absolute atomic E-state index is 0.158. The molecule has 0 aliphatic heterocycles. The number of hydrogen-bond donors (Lipinski definition) is 2. The second-order valence-corrected chi connectivity index (χ2v) is 4.40. The van der Waals surface area contributed by atoms with E-state index < -0.39 is 6.10 Å². The predicted molar refractivity (Wildman–Crippen MR) is 70.5 cm³/mol. The maximum atomic E-state index is 11.5. The summed E-state index contributed by atoms with van der Waals surface area (Å²) in [7, 11) is 0. The Morgan fingerprint density at radius 1 is 1.45 bits per heavy atom. The van der Waals surface area contributed by atoms with Gasteiger partial charge in [-0.3, -0.25) is 9.78 Å². The quantitative estimate of drug-likeness (QED) is 0.799. The number of rotatable bonds is 6. The second kappa shape index (κ2) is 6.76. The number of aromatic nitrogens is 3. The van der Waals surface area contributed by atoms with Crippen LogP contribution in [0.5, 0.6) is 0 Å². The van der Waals surface area contributed by atoms with E-state index in [0.29, 0.717) is 18.1 Å². The van der Waals surface area contributed by atoms with Crippen molar-refractivity contribution in [1.29, 1.82) is 0 Å². The van der Waals surface area contributed by atoms with Crippen LogP contribution in [-0.2, 0) is 11.2 Å². The number of amides is 1. The molecule has 2 heterocycles. The third kappa shape index (κ3) is 4.13. The molecule has 106 valence electrons. The molecule has 2 N–H and O–H groups in total. The van der Waals surface area contributed by atoms with Gasteiger partial charge >= 0.3 is 0 Å². The van der Waals surface area contributed by atoms with Gasteiger partial charge in [0.2, 0.25) is 17.6 Å². The van der Waals surface area contributed by atoms with Crippen molar-refractivity contribution in [3.05, 3.63) is 30.4 Å². The van der Waals surface area contributed by atoms with Crippen LogP contribution in [0, 0.1) is 0 Å². The minimum Gasteiger partial charge on any atom is -0.392 e. The zero-order chi connectivity index (χ0) is 14.4. The summed E-state index contributed by atoms with van der Waals surface area (Å²) < 4.78 is 5.08. The van der Waals surface area contributed by atoms with Crippen LogP contribution in [0.25, 0.3) is 11.4 Å². The zero-order valence-corrected chi connectivity index (χ0v) is 11.1. The fourth-order valence-corrected chi connectivity index (χ4v) is 1.55. The largest absolute Gasteiger partial charge is 0.392 e. The normalized spacial score (nSPS) is 12.1. The van der Waals surface area contributed by atoms with Crippen molar-refractivity contribution in [1.82, 2.24) is 20.4 Å². The summed E-state index contributed by atoms with van der Waals surface area (Å²) in [6, 6.07) is 3.56. The Kier molecular flexibility index (Phi) is 4.78. The molecular weight excluding hydrogens is 260 g/mol. The lowest BCUT2D eigenvalue weighted by Gasteiger charge is -2.05. The summed E-state index contributed by atoms with van der Waals surface area (Å²) in [5, 5.41) is 15.5. The molecule has 0 bridgehead atoms. The molecule has 2 rings (SSSR count). The van der Waals surface area contributed by atoms with Gasteiger partial charge in [0.15, 0.2) is 0 Å². The van der Waals surface area contributed by atoms with Gasteiger partial charge in [0, 0.05) is 37.3 Å². The highest BCUT2D eigenvalue weighted by Gasteiger charge is 2.10. The molecule has 0 fully saturated rings. The van der Waals surface area contributed by atoms with E-state index in [-0.39, 0.29) is 18.9 Å². The van der Waals surface area contributed by atoms with Crippen LogP contribution in [0.4, 0.5) is 0 Å². The molecule has 0 spiro atoms. The smallest absolute Gasteiger partial charge is 0.227 e. The van der Waals surface area contributed by atoms with Crippen LogP contribution >= 0.6 is 0 Å². The van der Waals surface area contributed by atoms with Crippen molar-refractivity contribution >= 4 is 5.91 Å². The SMILES string of the molecule is CC(O)CNC(=O)CCc1nc(-c2ccncc2)no1. The van der Waals surface area contributed by atoms with Crippen LogP contribution in [0.15, 0.2) is 29.0 Å². The lowest BCUT2D eigenvalue weighted by molar-refractivity contribution is -0.121. The number of hydrogen-bond acceptors (Lipinski definition) is 6. The molecule has 7 nitrogen and oxygen atoms in total. The predicted octanol–water partition coefficient (Wildman–Crippen LogP) is 0.561. The molecule has 1 amide bonds. The van der Waals surface area contributed by atoms with Gasteiger partial charge in [0.1, 0.15) is 0 Å². The highest BCUT2D eigenvalue weighted by molar-refractivity contribution is 5.76. The van der Waals surface area contributed by atoms with E-state index in [0.717, 1.165) is 5.56 Å². The molecule has 2 aromatic heterocycles. The summed E-state index contributed by atoms with van der Waals surface area (Å²) in [4.78, 5) is 19.6. The van der Waals surface area contributed by atoms with Crippen LogP contribution in [0.2, 0.25) is 0 Å². The monoisotopic (exact) mass is 276 g/mol. The first kappa shape index (κ1) is 14.1. The summed E-state index contributed by atoms with van der Waals surface area (Å²) in [6.07, 6.45) is 3.35. The van der Waals surface area contributed by atoms with Crippen molar-refractivity contribution in [2.24, 2.45) is 0 Å². The first-order valence-corrected chi connectivity index (χ1v) is 6.33. The number of aliphatic hydroxyl groups is 1. The first-order valence-electron chi connectivity index (χ1n) is 6.33. The second-order valence-electron chi connectivity index (χ2n) is 4.40. The summed E-state index contributed by atoms with van der Waals surface area (Å²) in [5.74, 6) is 0.727. The van der Waals surface area contributed by atoms with Gasteiger partial charge in [-0.15, -0.1) is 0 Å². The third-order valence-electron chi connectivity index (χ3n) is 2.57. The van der Waals surface area contributed by atoms with Crippen molar-refractivity contribution in [2.45, 2.75) is 25.9 Å². The van der Waals surface area contributed by atoms with Crippen molar-refractivity contribution in [2.75, 3.05) is 6.54 Å². The maximum absolute atomic E-state index is 11.5. The highest BCUT2D eigenvalue weighted by atomic mass is 16.5. The number of pyridine rings is 1. The summed E-state index contributed by atoms with van der Waals surface area (Å²) in [6.45, 7) is 1.85. The summed E-state index contributed by atoms with van der Waals surface area (Å²) in [5.41, 5.74) is 0.813. The van der Waals surface area contributed by atoms with Gasteiger partial charge in [-0.1, -0.05) is 5.16 Å². The molecule has 1 atom stereocenters. The highest BCUT2D eigenvalue weighted by Crippen LogP contribution is 2.14. The lowest BCUT2D eigenvalue weighted by atomic mass is 10.2. The number of aliphatic hydroxyl groups excluding tert-OH is 1. The van der Waals surface area contributed by atoms with E-state index in [2.05, 4.69) is 20.4 Å². The van der Waals surface area contributed by atoms with Gasteiger partial charge in [0.05, 0.1) is 6.10 Å². The van der Waals surface area contributed by atoms with E-state index in [1.54, 1.807) is 31.5 Å². The molecule has 7 heteroatoms. The lowest BCUT2D eigenvalue weighted by Crippen LogP contribution is -2.30. The van der Waals surface area contributed by atoms with E-state index in [4.69, 9.17) is 9.63 Å². The number of carbonyl (C=O) groups excluding carboxylic acids is 1. The number of nitrogens with one attached hydrogen (secondary N) is 1. The molecule has 0 saturated heterocycles. The third-order valence-corrected chi connectivity index (χ3v) is 2.57. The number of nitrogens with zero attached hydrogens (tertiary/aromatic N) is 3. The summed E-state index contributed by atoms with van der Waals surface area (Å²) >= 11 is 0. The Bertz CT molecular complexity index is 554. The topological polar surface area (TPSA) is 101 Å². The standard InChI is InChI=1S/C13H16N4O3/c1-9(18)8-15-11(19)2-3-12-16-13(17-20-12)10-4-6-14-7-5-10/h4-7,9,18H,2-3,8H2,1H3,(H,15,19). The van der Waals surface area contributed by atoms with Gasteiger partial charge in [-0.25, -0.2) is 0 Å². The molecule has 0 saturated carbocycles. The Balaban J connectivity index is 1.86. The number of carbonyl (C=O) groups is 1. The van der Waals surface area contributed by atoms with E-state index in [9.17, 15) is 4.79 Å². The van der Waals surface area contributed by atoms with Gasteiger partial charge < -0.3 is 14.9 Å². The van der Waals surface area contributed by atoms with E-state index >= 15 is 0 Å². The molecule has 0 aliphatic rings. The average Bonchev–Trinajstić information content (AvgIpc) is 2.93. The maximum Gasteiger partial charge on any atom is 0.227 e. The zero-order valence-electron chi connectivity index (χ0n) is 11.1. The van der Waals surface area contributed by atoms with Crippen molar-refractivity contribution < 1.29 is 14.4 Å². The fourth-order valence-electron chi connectivity index (χ4n) is 1.55. The average molecular weight is 276 g/mol. The Hall–Kier alpha value is -2.28. The first-order chi connectivity index (χ1) is 9.65. The van der Waals surface area contributed by atoms with Gasteiger partial charge in [0.25, 0.3) is 0 Å². The minimum atomic E-state index is -0.555. The number of aryl methyl sites for hydroxylation is 1. The van der Waals surface area contributed by atoms with Crippen molar-refractivity contribution in [3.8, 4) is 11.4 Å². The van der Waals surface area contributed by atoms with Crippen LogP contribution in [0.3, 0.4) is 0 Å². The van der Waals surface area contributed by atoms with Crippen LogP contribution < -0.4 is 5.32 Å². The molecular formula is C13H16N4O3. The van der Waals surface area contributed by atoms with E-state index in [1.807, 2.05) is 0 Å².